The van der Waals surface area contributed by atoms with Gasteiger partial charge in [-0.2, -0.15) is 0 Å². The number of carbonyl (C=O) groups is 1. The van der Waals surface area contributed by atoms with E-state index in [-0.39, 0.29) is 5.78 Å². The molecule has 2 heteroatoms. The molecule has 0 saturated heterocycles. The van der Waals surface area contributed by atoms with Gasteiger partial charge in [0.05, 0.1) is 0 Å². The highest BCUT2D eigenvalue weighted by Crippen LogP contribution is 2.36. The lowest BCUT2D eigenvalue weighted by Gasteiger charge is -2.23. The van der Waals surface area contributed by atoms with Crippen molar-refractivity contribution < 1.29 is 4.79 Å². The van der Waals surface area contributed by atoms with Crippen molar-refractivity contribution in [3.05, 3.63) is 41.3 Å². The van der Waals surface area contributed by atoms with E-state index in [1.807, 2.05) is 12.1 Å². The Hall–Kier alpha value is -0.820. The first kappa shape index (κ1) is 12.6. The van der Waals surface area contributed by atoms with Gasteiger partial charge in [-0.3, -0.25) is 4.79 Å². The number of carbonyl (C=O) groups excluding carboxylic acids is 1. The van der Waals surface area contributed by atoms with Crippen LogP contribution in [0, 0.1) is 6.92 Å². The maximum atomic E-state index is 11.5. The first-order valence-corrected chi connectivity index (χ1v) is 6.72. The number of halogens is 1. The van der Waals surface area contributed by atoms with Gasteiger partial charge < -0.3 is 0 Å². The van der Waals surface area contributed by atoms with Gasteiger partial charge in [0.1, 0.15) is 0 Å². The summed E-state index contributed by atoms with van der Waals surface area (Å²) in [4.78, 5) is 11.5. The van der Waals surface area contributed by atoms with E-state index in [0.717, 1.165) is 5.02 Å². The summed E-state index contributed by atoms with van der Waals surface area (Å²) in [5.74, 6) is 0.641. The lowest BCUT2D eigenvalue weighted by Crippen LogP contribution is -2.06. The van der Waals surface area contributed by atoms with Crippen molar-refractivity contribution >= 4 is 17.4 Å². The van der Waals surface area contributed by atoms with Crippen molar-refractivity contribution in [2.24, 2.45) is 0 Å². The molecule has 0 aliphatic heterocycles. The minimum absolute atomic E-state index is 0.0575. The van der Waals surface area contributed by atoms with Crippen molar-refractivity contribution in [2.45, 2.75) is 44.4 Å². The molecule has 1 aliphatic rings. The predicted octanol–water partition coefficient (Wildman–Crippen LogP) is 4.79. The highest BCUT2D eigenvalue weighted by molar-refractivity contribution is 6.31. The number of Topliss-reactive ketones (excluding diaryl/α,β-unsaturated/α-hetero) is 1. The molecule has 1 aromatic carbocycles. The molecule has 1 aliphatic carbocycles. The zero-order valence-corrected chi connectivity index (χ0v) is 10.8. The molecule has 2 rings (SSSR count). The van der Waals surface area contributed by atoms with Crippen LogP contribution in [0.25, 0.3) is 0 Å². The normalized spacial score (nSPS) is 17.1. The van der Waals surface area contributed by atoms with E-state index < -0.39 is 0 Å². The van der Waals surface area contributed by atoms with Crippen molar-refractivity contribution in [2.75, 3.05) is 0 Å². The van der Waals surface area contributed by atoms with Gasteiger partial charge in [0, 0.05) is 17.0 Å². The van der Waals surface area contributed by atoms with E-state index in [9.17, 15) is 4.79 Å². The second-order valence-corrected chi connectivity index (χ2v) is 5.15. The third-order valence-corrected chi connectivity index (χ3v) is 3.92. The highest BCUT2D eigenvalue weighted by atomic mass is 35.5. The Morgan fingerprint density at radius 1 is 1.29 bits per heavy atom. The topological polar surface area (TPSA) is 17.1 Å². The third kappa shape index (κ3) is 2.90. The number of hydrogen-bond donors (Lipinski definition) is 0. The van der Waals surface area contributed by atoms with Crippen LogP contribution in [0.3, 0.4) is 0 Å². The molecular weight excluding hydrogens is 232 g/mol. The van der Waals surface area contributed by atoms with Crippen LogP contribution in [0.5, 0.6) is 0 Å². The molecule has 0 spiro atoms. The van der Waals surface area contributed by atoms with E-state index in [1.165, 1.54) is 37.7 Å². The maximum Gasteiger partial charge on any atom is 0.162 e. The molecule has 0 N–H and O–H groups in total. The molecule has 0 aromatic heterocycles. The standard InChI is InChI=1S/C15H18ClO/c1-2-15(17)12-8-9-13(14(16)10-12)11-6-4-3-5-7-11/h8-11H,1-7H2. The average Bonchev–Trinajstić information content (AvgIpc) is 2.38. The lowest BCUT2D eigenvalue weighted by molar-refractivity contribution is 0.0995. The van der Waals surface area contributed by atoms with E-state index in [2.05, 4.69) is 6.92 Å². The Morgan fingerprint density at radius 3 is 2.59 bits per heavy atom. The quantitative estimate of drug-likeness (QED) is 0.704. The van der Waals surface area contributed by atoms with Gasteiger partial charge in [-0.05, 0) is 37.3 Å². The molecule has 1 fully saturated rings. The van der Waals surface area contributed by atoms with Crippen molar-refractivity contribution in [3.63, 3.8) is 0 Å². The smallest absolute Gasteiger partial charge is 0.162 e. The summed E-state index contributed by atoms with van der Waals surface area (Å²) < 4.78 is 0. The fraction of sp³-hybridized carbons (Fsp3) is 0.467. The fourth-order valence-corrected chi connectivity index (χ4v) is 2.92. The van der Waals surface area contributed by atoms with E-state index in [0.29, 0.717) is 17.9 Å². The largest absolute Gasteiger partial charge is 0.294 e. The first-order valence-electron chi connectivity index (χ1n) is 6.34. The SMILES string of the molecule is [CH2]CC(=O)c1ccc(C2CCCCC2)c(Cl)c1. The summed E-state index contributed by atoms with van der Waals surface area (Å²) >= 11 is 6.29. The molecule has 1 aromatic rings. The van der Waals surface area contributed by atoms with Crippen LogP contribution >= 0.6 is 11.6 Å². The van der Waals surface area contributed by atoms with E-state index in [1.54, 1.807) is 6.07 Å². The van der Waals surface area contributed by atoms with E-state index >= 15 is 0 Å². The molecule has 17 heavy (non-hydrogen) atoms. The van der Waals surface area contributed by atoms with Crippen molar-refractivity contribution in [1.29, 1.82) is 0 Å². The summed E-state index contributed by atoms with van der Waals surface area (Å²) in [6.45, 7) is 3.61. The maximum absolute atomic E-state index is 11.5. The second kappa shape index (κ2) is 5.68. The predicted molar refractivity (Wildman–Crippen MR) is 71.6 cm³/mol. The van der Waals surface area contributed by atoms with Gasteiger partial charge in [0.25, 0.3) is 0 Å². The van der Waals surface area contributed by atoms with Gasteiger partial charge in [0.2, 0.25) is 0 Å². The fourth-order valence-electron chi connectivity index (χ4n) is 2.59. The molecule has 1 radical (unpaired) electrons. The van der Waals surface area contributed by atoms with Gasteiger partial charge in [-0.1, -0.05) is 43.0 Å². The Labute approximate surface area is 108 Å². The number of hydrogen-bond acceptors (Lipinski definition) is 1. The lowest BCUT2D eigenvalue weighted by atomic mass is 9.83. The zero-order valence-electron chi connectivity index (χ0n) is 10.0. The van der Waals surface area contributed by atoms with Crippen molar-refractivity contribution in [1.82, 2.24) is 0 Å². The summed E-state index contributed by atoms with van der Waals surface area (Å²) in [7, 11) is 0. The third-order valence-electron chi connectivity index (χ3n) is 3.59. The monoisotopic (exact) mass is 249 g/mol. The summed E-state index contributed by atoms with van der Waals surface area (Å²) in [6.07, 6.45) is 6.66. The highest BCUT2D eigenvalue weighted by Gasteiger charge is 2.18. The Balaban J connectivity index is 2.21. The van der Waals surface area contributed by atoms with Gasteiger partial charge in [0.15, 0.2) is 5.78 Å². The van der Waals surface area contributed by atoms with Crippen LogP contribution in [-0.2, 0) is 0 Å². The van der Waals surface area contributed by atoms with Crippen LogP contribution in [0.15, 0.2) is 18.2 Å². The molecule has 1 saturated carbocycles. The van der Waals surface area contributed by atoms with Gasteiger partial charge >= 0.3 is 0 Å². The Bertz CT molecular complexity index is 405. The molecule has 0 unspecified atom stereocenters. The first-order chi connectivity index (χ1) is 8.22. The van der Waals surface area contributed by atoms with Crippen LogP contribution in [0.1, 0.15) is 60.4 Å². The summed E-state index contributed by atoms with van der Waals surface area (Å²) in [5.41, 5.74) is 1.90. The number of rotatable bonds is 3. The summed E-state index contributed by atoms with van der Waals surface area (Å²) in [5, 5.41) is 0.746. The molecule has 91 valence electrons. The molecular formula is C15H18ClO. The van der Waals surface area contributed by atoms with Crippen LogP contribution in [0.4, 0.5) is 0 Å². The van der Waals surface area contributed by atoms with Crippen LogP contribution in [0.2, 0.25) is 5.02 Å². The van der Waals surface area contributed by atoms with E-state index in [4.69, 9.17) is 11.6 Å². The molecule has 0 bridgehead atoms. The van der Waals surface area contributed by atoms with Crippen LogP contribution < -0.4 is 0 Å². The molecule has 0 heterocycles. The molecule has 0 amide bonds. The number of ketones is 1. The van der Waals surface area contributed by atoms with Crippen molar-refractivity contribution in [3.8, 4) is 0 Å². The number of benzene rings is 1. The van der Waals surface area contributed by atoms with Gasteiger partial charge in [-0.15, -0.1) is 0 Å². The Kier molecular flexibility index (Phi) is 4.22. The van der Waals surface area contributed by atoms with Gasteiger partial charge in [-0.25, -0.2) is 0 Å². The minimum atomic E-state index is 0.0575. The zero-order chi connectivity index (χ0) is 12.3. The molecule has 0 atom stereocenters. The van der Waals surface area contributed by atoms with Crippen LogP contribution in [-0.4, -0.2) is 5.78 Å². The average molecular weight is 250 g/mol. The Morgan fingerprint density at radius 2 is 2.00 bits per heavy atom. The minimum Gasteiger partial charge on any atom is -0.294 e. The second-order valence-electron chi connectivity index (χ2n) is 4.74. The molecule has 1 nitrogen and oxygen atoms in total. The summed E-state index contributed by atoms with van der Waals surface area (Å²) in [6, 6.07) is 5.73.